The van der Waals surface area contributed by atoms with Gasteiger partial charge in [-0.05, 0) is 38.8 Å². The van der Waals surface area contributed by atoms with E-state index < -0.39 is 0 Å². The minimum atomic E-state index is 0.259. The van der Waals surface area contributed by atoms with Crippen LogP contribution in [-0.4, -0.2) is 12.3 Å². The number of hydrogen-bond acceptors (Lipinski definition) is 2. The van der Waals surface area contributed by atoms with E-state index in [0.29, 0.717) is 6.42 Å². The fourth-order valence-corrected chi connectivity index (χ4v) is 1.87. The minimum absolute atomic E-state index is 0.259. The minimum Gasteiger partial charge on any atom is -0.330 e. The van der Waals surface area contributed by atoms with E-state index in [0.717, 1.165) is 36.9 Å². The van der Waals surface area contributed by atoms with E-state index >= 15 is 0 Å². The number of rotatable bonds is 6. The molecule has 0 aliphatic carbocycles. The monoisotopic (exact) mass is 219 g/mol. The Morgan fingerprint density at radius 3 is 2.56 bits per heavy atom. The SMILES string of the molecule is Cc1ccc(C(=O)CCCCCN)c(C)c1. The van der Waals surface area contributed by atoms with Gasteiger partial charge in [-0.15, -0.1) is 0 Å². The van der Waals surface area contributed by atoms with Gasteiger partial charge in [-0.25, -0.2) is 0 Å². The summed E-state index contributed by atoms with van der Waals surface area (Å²) in [5.74, 6) is 0.259. The molecule has 1 aromatic rings. The molecule has 88 valence electrons. The zero-order valence-electron chi connectivity index (χ0n) is 10.3. The number of nitrogens with two attached hydrogens (primary N) is 1. The highest BCUT2D eigenvalue weighted by molar-refractivity contribution is 5.97. The Balaban J connectivity index is 2.53. The fourth-order valence-electron chi connectivity index (χ4n) is 1.87. The van der Waals surface area contributed by atoms with Crippen molar-refractivity contribution in [2.75, 3.05) is 6.54 Å². The zero-order chi connectivity index (χ0) is 12.0. The van der Waals surface area contributed by atoms with Crippen molar-refractivity contribution in [2.24, 2.45) is 5.73 Å². The molecule has 2 nitrogen and oxygen atoms in total. The van der Waals surface area contributed by atoms with Gasteiger partial charge in [0.1, 0.15) is 0 Å². The van der Waals surface area contributed by atoms with Crippen molar-refractivity contribution in [3.05, 3.63) is 34.9 Å². The van der Waals surface area contributed by atoms with E-state index in [9.17, 15) is 4.79 Å². The van der Waals surface area contributed by atoms with E-state index in [1.54, 1.807) is 0 Å². The Hall–Kier alpha value is -1.15. The van der Waals surface area contributed by atoms with Gasteiger partial charge >= 0.3 is 0 Å². The fraction of sp³-hybridized carbons (Fsp3) is 0.500. The van der Waals surface area contributed by atoms with Gasteiger partial charge in [-0.1, -0.05) is 30.2 Å². The molecule has 1 aromatic carbocycles. The maximum absolute atomic E-state index is 11.9. The summed E-state index contributed by atoms with van der Waals surface area (Å²) in [5.41, 5.74) is 8.58. The molecule has 0 amide bonds. The van der Waals surface area contributed by atoms with E-state index in [2.05, 4.69) is 6.07 Å². The van der Waals surface area contributed by atoms with E-state index in [-0.39, 0.29) is 5.78 Å². The third-order valence-corrected chi connectivity index (χ3v) is 2.79. The van der Waals surface area contributed by atoms with Crippen molar-refractivity contribution >= 4 is 5.78 Å². The van der Waals surface area contributed by atoms with Crippen LogP contribution in [0.4, 0.5) is 0 Å². The summed E-state index contributed by atoms with van der Waals surface area (Å²) in [6.07, 6.45) is 3.65. The molecule has 0 aromatic heterocycles. The molecule has 0 aliphatic heterocycles. The van der Waals surface area contributed by atoms with Crippen LogP contribution in [0.15, 0.2) is 18.2 Å². The maximum atomic E-state index is 11.9. The summed E-state index contributed by atoms with van der Waals surface area (Å²) >= 11 is 0. The van der Waals surface area contributed by atoms with Gasteiger partial charge in [0.25, 0.3) is 0 Å². The van der Waals surface area contributed by atoms with Crippen molar-refractivity contribution in [1.82, 2.24) is 0 Å². The average molecular weight is 219 g/mol. The van der Waals surface area contributed by atoms with Gasteiger partial charge < -0.3 is 5.73 Å². The third kappa shape index (κ3) is 3.78. The smallest absolute Gasteiger partial charge is 0.163 e. The number of Topliss-reactive ketones (excluding diaryl/α,β-unsaturated/α-hetero) is 1. The van der Waals surface area contributed by atoms with Crippen LogP contribution in [0.1, 0.15) is 47.2 Å². The molecular weight excluding hydrogens is 198 g/mol. The number of benzene rings is 1. The lowest BCUT2D eigenvalue weighted by molar-refractivity contribution is 0.0978. The average Bonchev–Trinajstić information content (AvgIpc) is 2.24. The van der Waals surface area contributed by atoms with Crippen LogP contribution in [0.3, 0.4) is 0 Å². The summed E-state index contributed by atoms with van der Waals surface area (Å²) in [4.78, 5) is 11.9. The zero-order valence-corrected chi connectivity index (χ0v) is 10.3. The molecule has 2 heteroatoms. The summed E-state index contributed by atoms with van der Waals surface area (Å²) < 4.78 is 0. The first-order valence-electron chi connectivity index (χ1n) is 5.95. The number of unbranched alkanes of at least 4 members (excludes halogenated alkanes) is 2. The number of carbonyl (C=O) groups is 1. The third-order valence-electron chi connectivity index (χ3n) is 2.79. The quantitative estimate of drug-likeness (QED) is 0.590. The molecule has 0 heterocycles. The second kappa shape index (κ2) is 6.44. The second-order valence-electron chi connectivity index (χ2n) is 4.34. The number of hydrogen-bond donors (Lipinski definition) is 1. The van der Waals surface area contributed by atoms with Crippen molar-refractivity contribution in [2.45, 2.75) is 39.5 Å². The highest BCUT2D eigenvalue weighted by Gasteiger charge is 2.08. The second-order valence-corrected chi connectivity index (χ2v) is 4.34. The lowest BCUT2D eigenvalue weighted by Crippen LogP contribution is -2.03. The Labute approximate surface area is 97.9 Å². The topological polar surface area (TPSA) is 43.1 Å². The largest absolute Gasteiger partial charge is 0.330 e. The van der Waals surface area contributed by atoms with Gasteiger partial charge in [-0.2, -0.15) is 0 Å². The molecule has 0 fully saturated rings. The molecule has 1 rings (SSSR count). The van der Waals surface area contributed by atoms with Gasteiger partial charge in [0.2, 0.25) is 0 Å². The highest BCUT2D eigenvalue weighted by Crippen LogP contribution is 2.14. The molecule has 0 spiro atoms. The summed E-state index contributed by atoms with van der Waals surface area (Å²) in [7, 11) is 0. The maximum Gasteiger partial charge on any atom is 0.163 e. The van der Waals surface area contributed by atoms with Crippen molar-refractivity contribution < 1.29 is 4.79 Å². The van der Waals surface area contributed by atoms with Crippen LogP contribution in [0.2, 0.25) is 0 Å². The standard InChI is InChI=1S/C14H21NO/c1-11-7-8-13(12(2)10-11)14(16)6-4-3-5-9-15/h7-8,10H,3-6,9,15H2,1-2H3. The molecule has 0 bridgehead atoms. The number of carbonyl (C=O) groups excluding carboxylic acids is 1. The Bertz CT molecular complexity index is 358. The molecule has 0 unspecified atom stereocenters. The Kier molecular flexibility index (Phi) is 5.20. The van der Waals surface area contributed by atoms with Crippen molar-refractivity contribution in [1.29, 1.82) is 0 Å². The Morgan fingerprint density at radius 2 is 1.94 bits per heavy atom. The molecule has 2 N–H and O–H groups in total. The number of ketones is 1. The van der Waals surface area contributed by atoms with Gasteiger partial charge in [0.15, 0.2) is 5.78 Å². The number of aryl methyl sites for hydroxylation is 2. The molecular formula is C14H21NO. The molecule has 0 saturated carbocycles. The predicted molar refractivity (Wildman–Crippen MR) is 67.8 cm³/mol. The predicted octanol–water partition coefficient (Wildman–Crippen LogP) is 3.01. The van der Waals surface area contributed by atoms with Crippen LogP contribution in [-0.2, 0) is 0 Å². The highest BCUT2D eigenvalue weighted by atomic mass is 16.1. The molecule has 0 saturated heterocycles. The lowest BCUT2D eigenvalue weighted by Gasteiger charge is -2.05. The molecule has 16 heavy (non-hydrogen) atoms. The van der Waals surface area contributed by atoms with E-state index in [4.69, 9.17) is 5.73 Å². The van der Waals surface area contributed by atoms with Gasteiger partial charge in [0, 0.05) is 12.0 Å². The van der Waals surface area contributed by atoms with Crippen LogP contribution < -0.4 is 5.73 Å². The van der Waals surface area contributed by atoms with E-state index in [1.807, 2.05) is 26.0 Å². The summed E-state index contributed by atoms with van der Waals surface area (Å²) in [6.45, 7) is 4.76. The molecule has 0 radical (unpaired) electrons. The van der Waals surface area contributed by atoms with Crippen LogP contribution >= 0.6 is 0 Å². The van der Waals surface area contributed by atoms with Crippen molar-refractivity contribution in [3.8, 4) is 0 Å². The summed E-state index contributed by atoms with van der Waals surface area (Å²) in [6, 6.07) is 6.00. The van der Waals surface area contributed by atoms with Crippen LogP contribution in [0.5, 0.6) is 0 Å². The summed E-state index contributed by atoms with van der Waals surface area (Å²) in [5, 5.41) is 0. The molecule has 0 atom stereocenters. The normalized spacial score (nSPS) is 10.4. The Morgan fingerprint density at radius 1 is 1.19 bits per heavy atom. The first-order chi connectivity index (χ1) is 7.65. The lowest BCUT2D eigenvalue weighted by atomic mass is 9.99. The first kappa shape index (κ1) is 12.9. The van der Waals surface area contributed by atoms with E-state index in [1.165, 1.54) is 5.56 Å². The molecule has 0 aliphatic rings. The van der Waals surface area contributed by atoms with Gasteiger partial charge in [-0.3, -0.25) is 4.79 Å². The van der Waals surface area contributed by atoms with Crippen molar-refractivity contribution in [3.63, 3.8) is 0 Å². The first-order valence-corrected chi connectivity index (χ1v) is 5.95. The van der Waals surface area contributed by atoms with Gasteiger partial charge in [0.05, 0.1) is 0 Å². The van der Waals surface area contributed by atoms with Crippen LogP contribution in [0, 0.1) is 13.8 Å². The van der Waals surface area contributed by atoms with Crippen LogP contribution in [0.25, 0.3) is 0 Å².